The Bertz CT molecular complexity index is 98.3. The second kappa shape index (κ2) is 7.49. The number of nitrogens with one attached hydrogen (secondary N) is 2. The lowest BCUT2D eigenvalue weighted by Gasteiger charge is -2.13. The highest BCUT2D eigenvalue weighted by atomic mass is 16.3. The second-order valence-electron chi connectivity index (χ2n) is 3.18. The molecule has 0 aliphatic rings. The number of rotatable bonds is 7. The van der Waals surface area contributed by atoms with E-state index in [4.69, 9.17) is 0 Å². The molecule has 1 unspecified atom stereocenters. The zero-order chi connectivity index (χ0) is 9.40. The molecule has 0 aliphatic carbocycles. The van der Waals surface area contributed by atoms with Crippen molar-refractivity contribution in [2.24, 2.45) is 0 Å². The van der Waals surface area contributed by atoms with Crippen molar-refractivity contribution in [3.8, 4) is 0 Å². The van der Waals surface area contributed by atoms with Crippen LogP contribution in [0.15, 0.2) is 0 Å². The molecule has 0 amide bonds. The van der Waals surface area contributed by atoms with Crippen molar-refractivity contribution >= 4 is 0 Å². The third-order valence-electron chi connectivity index (χ3n) is 1.56. The van der Waals surface area contributed by atoms with E-state index in [9.17, 15) is 5.11 Å². The highest BCUT2D eigenvalue weighted by Gasteiger charge is 1.99. The Hall–Kier alpha value is -0.160. The smallest absolute Gasteiger partial charge is 0.117 e. The third kappa shape index (κ3) is 7.94. The Labute approximate surface area is 74.9 Å². The van der Waals surface area contributed by atoms with Crippen LogP contribution in [0.4, 0.5) is 0 Å². The van der Waals surface area contributed by atoms with Crippen molar-refractivity contribution in [2.75, 3.05) is 40.8 Å². The van der Waals surface area contributed by atoms with E-state index in [2.05, 4.69) is 15.5 Å². The maximum atomic E-state index is 9.23. The second-order valence-corrected chi connectivity index (χ2v) is 3.18. The summed E-state index contributed by atoms with van der Waals surface area (Å²) in [4.78, 5) is 2.13. The molecule has 74 valence electrons. The number of aliphatic hydroxyl groups is 1. The van der Waals surface area contributed by atoms with Gasteiger partial charge in [-0.1, -0.05) is 0 Å². The van der Waals surface area contributed by atoms with Crippen LogP contribution in [0.3, 0.4) is 0 Å². The Balaban J connectivity index is 3.08. The quantitative estimate of drug-likeness (QED) is 0.345. The lowest BCUT2D eigenvalue weighted by Crippen LogP contribution is -2.38. The zero-order valence-corrected chi connectivity index (χ0v) is 8.30. The molecule has 0 rings (SSSR count). The summed E-state index contributed by atoms with van der Waals surface area (Å²) in [6.45, 7) is 2.52. The minimum Gasteiger partial charge on any atom is -0.377 e. The van der Waals surface area contributed by atoms with E-state index < -0.39 is 6.23 Å². The van der Waals surface area contributed by atoms with E-state index >= 15 is 0 Å². The number of aliphatic hydroxyl groups excluding tert-OH is 1. The molecule has 0 heterocycles. The van der Waals surface area contributed by atoms with Crippen LogP contribution in [0.25, 0.3) is 0 Å². The van der Waals surface area contributed by atoms with E-state index in [0.717, 1.165) is 19.5 Å². The molecule has 3 N–H and O–H groups in total. The molecular weight excluding hydrogens is 154 g/mol. The first-order valence-corrected chi connectivity index (χ1v) is 4.37. The summed E-state index contributed by atoms with van der Waals surface area (Å²) in [5.74, 6) is 0. The third-order valence-corrected chi connectivity index (χ3v) is 1.56. The highest BCUT2D eigenvalue weighted by Crippen LogP contribution is 1.81. The molecule has 1 atom stereocenters. The van der Waals surface area contributed by atoms with E-state index in [1.165, 1.54) is 0 Å². The molecule has 0 aromatic rings. The molecule has 0 saturated heterocycles. The summed E-state index contributed by atoms with van der Waals surface area (Å²) in [6, 6.07) is 0. The first kappa shape index (κ1) is 11.8. The van der Waals surface area contributed by atoms with Crippen molar-refractivity contribution < 1.29 is 5.11 Å². The van der Waals surface area contributed by atoms with Gasteiger partial charge in [0.15, 0.2) is 0 Å². The standard InChI is InChI=1S/C8H21N3O/c1-9-7-8(12)10-5-4-6-11(2)3/h8-10,12H,4-7H2,1-3H3. The number of hydrogen-bond donors (Lipinski definition) is 3. The molecular formula is C8H21N3O. The Morgan fingerprint density at radius 2 is 2.08 bits per heavy atom. The Kier molecular flexibility index (Phi) is 7.39. The minimum atomic E-state index is -0.419. The summed E-state index contributed by atoms with van der Waals surface area (Å²) in [7, 11) is 5.92. The lowest BCUT2D eigenvalue weighted by molar-refractivity contribution is 0.136. The van der Waals surface area contributed by atoms with E-state index in [1.807, 2.05) is 21.1 Å². The van der Waals surface area contributed by atoms with Gasteiger partial charge in [-0.2, -0.15) is 0 Å². The highest BCUT2D eigenvalue weighted by molar-refractivity contribution is 4.56. The molecule has 0 radical (unpaired) electrons. The van der Waals surface area contributed by atoms with Gasteiger partial charge in [0.1, 0.15) is 6.23 Å². The predicted octanol–water partition coefficient (Wildman–Crippen LogP) is -0.934. The van der Waals surface area contributed by atoms with E-state index in [1.54, 1.807) is 0 Å². The molecule has 4 nitrogen and oxygen atoms in total. The lowest BCUT2D eigenvalue weighted by atomic mass is 10.4. The van der Waals surface area contributed by atoms with Gasteiger partial charge in [-0.3, -0.25) is 5.32 Å². The van der Waals surface area contributed by atoms with Crippen LogP contribution in [0.2, 0.25) is 0 Å². The fraction of sp³-hybridized carbons (Fsp3) is 1.00. The topological polar surface area (TPSA) is 47.5 Å². The van der Waals surface area contributed by atoms with Crippen LogP contribution in [-0.2, 0) is 0 Å². The van der Waals surface area contributed by atoms with E-state index in [0.29, 0.717) is 6.54 Å². The van der Waals surface area contributed by atoms with Gasteiger partial charge in [-0.05, 0) is 40.7 Å². The van der Waals surface area contributed by atoms with Gasteiger partial charge >= 0.3 is 0 Å². The fourth-order valence-corrected chi connectivity index (χ4v) is 0.929. The minimum absolute atomic E-state index is 0.419. The average Bonchev–Trinajstić information content (AvgIpc) is 1.98. The maximum absolute atomic E-state index is 9.23. The van der Waals surface area contributed by atoms with Gasteiger partial charge in [0, 0.05) is 6.54 Å². The molecule has 0 aromatic heterocycles. The predicted molar refractivity (Wildman–Crippen MR) is 51.1 cm³/mol. The largest absolute Gasteiger partial charge is 0.377 e. The summed E-state index contributed by atoms with van der Waals surface area (Å²) in [6.07, 6.45) is 0.644. The SMILES string of the molecule is CNCC(O)NCCCN(C)C. The van der Waals surface area contributed by atoms with Crippen LogP contribution >= 0.6 is 0 Å². The molecule has 12 heavy (non-hydrogen) atoms. The molecule has 0 aromatic carbocycles. The van der Waals surface area contributed by atoms with Gasteiger partial charge in [0.25, 0.3) is 0 Å². The molecule has 0 saturated carbocycles. The molecule has 4 heteroatoms. The summed E-state index contributed by atoms with van der Waals surface area (Å²) in [5.41, 5.74) is 0. The molecule has 0 fully saturated rings. The normalized spacial score (nSPS) is 13.8. The summed E-state index contributed by atoms with van der Waals surface area (Å²) >= 11 is 0. The van der Waals surface area contributed by atoms with Gasteiger partial charge in [0.2, 0.25) is 0 Å². The van der Waals surface area contributed by atoms with Crippen LogP contribution < -0.4 is 10.6 Å². The number of hydrogen-bond acceptors (Lipinski definition) is 4. The average molecular weight is 175 g/mol. The Morgan fingerprint density at radius 3 is 2.58 bits per heavy atom. The zero-order valence-electron chi connectivity index (χ0n) is 8.30. The van der Waals surface area contributed by atoms with E-state index in [-0.39, 0.29) is 0 Å². The van der Waals surface area contributed by atoms with Crippen molar-refractivity contribution in [2.45, 2.75) is 12.6 Å². The first-order chi connectivity index (χ1) is 5.66. The van der Waals surface area contributed by atoms with Gasteiger partial charge in [-0.15, -0.1) is 0 Å². The Morgan fingerprint density at radius 1 is 1.42 bits per heavy atom. The molecule has 0 spiro atoms. The van der Waals surface area contributed by atoms with Crippen molar-refractivity contribution in [1.29, 1.82) is 0 Å². The number of likely N-dealkylation sites (N-methyl/N-ethyl adjacent to an activating group) is 1. The van der Waals surface area contributed by atoms with Crippen LogP contribution in [0.5, 0.6) is 0 Å². The van der Waals surface area contributed by atoms with Crippen LogP contribution in [0, 0.1) is 0 Å². The fourth-order valence-electron chi connectivity index (χ4n) is 0.929. The molecule has 0 aliphatic heterocycles. The van der Waals surface area contributed by atoms with Crippen molar-refractivity contribution in [3.63, 3.8) is 0 Å². The maximum Gasteiger partial charge on any atom is 0.117 e. The summed E-state index contributed by atoms with van der Waals surface area (Å²) < 4.78 is 0. The molecule has 0 bridgehead atoms. The first-order valence-electron chi connectivity index (χ1n) is 4.37. The van der Waals surface area contributed by atoms with Crippen molar-refractivity contribution in [1.82, 2.24) is 15.5 Å². The summed E-state index contributed by atoms with van der Waals surface area (Å²) in [5, 5.41) is 15.1. The van der Waals surface area contributed by atoms with Crippen LogP contribution in [-0.4, -0.2) is 57.0 Å². The van der Waals surface area contributed by atoms with Crippen molar-refractivity contribution in [3.05, 3.63) is 0 Å². The number of nitrogens with zero attached hydrogens (tertiary/aromatic N) is 1. The monoisotopic (exact) mass is 175 g/mol. The van der Waals surface area contributed by atoms with Gasteiger partial charge < -0.3 is 15.3 Å². The van der Waals surface area contributed by atoms with Gasteiger partial charge in [0.05, 0.1) is 0 Å². The van der Waals surface area contributed by atoms with Crippen LogP contribution in [0.1, 0.15) is 6.42 Å². The van der Waals surface area contributed by atoms with Gasteiger partial charge in [-0.25, -0.2) is 0 Å².